The van der Waals surface area contributed by atoms with E-state index in [4.69, 9.17) is 9.90 Å². The Morgan fingerprint density at radius 2 is 1.90 bits per heavy atom. The van der Waals surface area contributed by atoms with Crippen molar-refractivity contribution in [2.75, 3.05) is 13.1 Å². The molecule has 0 radical (unpaired) electrons. The standard InChI is InChI=1S/C18H25N3OS.C2HF3O2/c1-17(2,3)23(22)21-16-15-10-13(12-19)4-5-14(15)11-18(16)6-8-20-9-7-18;3-2(4,5)1(6)7/h4-5,10,16,20-21H,6-9,11H2,1-3H3;(H,6,7)/t16-,23-;/m1./s1. The molecule has 0 bridgehead atoms. The summed E-state index contributed by atoms with van der Waals surface area (Å²) in [6, 6.07) is 8.27. The molecule has 1 fully saturated rings. The molecule has 10 heteroatoms. The third kappa shape index (κ3) is 5.66. The van der Waals surface area contributed by atoms with Gasteiger partial charge in [-0.1, -0.05) is 6.07 Å². The Balaban J connectivity index is 0.000000396. The minimum absolute atomic E-state index is 0.0629. The molecule has 1 aromatic carbocycles. The molecule has 0 aromatic heterocycles. The highest BCUT2D eigenvalue weighted by molar-refractivity contribution is 7.90. The molecule has 6 nitrogen and oxygen atoms in total. The topological polar surface area (TPSA) is 108 Å². The largest absolute Gasteiger partial charge is 0.598 e. The minimum atomic E-state index is -5.08. The second kappa shape index (κ2) is 9.14. The highest BCUT2D eigenvalue weighted by Crippen LogP contribution is 2.51. The number of rotatable bonds is 2. The van der Waals surface area contributed by atoms with Crippen LogP contribution >= 0.6 is 0 Å². The minimum Gasteiger partial charge on any atom is -0.598 e. The van der Waals surface area contributed by atoms with E-state index in [-0.39, 0.29) is 16.2 Å². The number of alkyl halides is 3. The van der Waals surface area contributed by atoms with Crippen LogP contribution < -0.4 is 10.0 Å². The fraction of sp³-hybridized carbons (Fsp3) is 0.600. The van der Waals surface area contributed by atoms with Crippen molar-refractivity contribution >= 4 is 17.3 Å². The Labute approximate surface area is 177 Å². The lowest BCUT2D eigenvalue weighted by atomic mass is 9.73. The van der Waals surface area contributed by atoms with Gasteiger partial charge >= 0.3 is 12.1 Å². The Kier molecular flexibility index (Phi) is 7.45. The number of piperidine rings is 1. The summed E-state index contributed by atoms with van der Waals surface area (Å²) in [6.45, 7) is 7.98. The molecule has 0 amide bonds. The van der Waals surface area contributed by atoms with Gasteiger partial charge in [0, 0.05) is 16.8 Å². The normalized spacial score (nSPS) is 21.2. The second-order valence-electron chi connectivity index (χ2n) is 8.55. The van der Waals surface area contributed by atoms with Crippen LogP contribution in [0.2, 0.25) is 0 Å². The lowest BCUT2D eigenvalue weighted by Crippen LogP contribution is -2.48. The first-order valence-electron chi connectivity index (χ1n) is 9.52. The molecule has 1 aromatic rings. The number of nitriles is 1. The number of carbonyl (C=O) groups is 1. The van der Waals surface area contributed by atoms with E-state index in [0.29, 0.717) is 5.56 Å². The van der Waals surface area contributed by atoms with E-state index in [9.17, 15) is 23.0 Å². The highest BCUT2D eigenvalue weighted by atomic mass is 32.2. The summed E-state index contributed by atoms with van der Waals surface area (Å²) in [6.07, 6.45) is -1.93. The summed E-state index contributed by atoms with van der Waals surface area (Å²) < 4.78 is 47.6. The molecule has 0 saturated carbocycles. The predicted molar refractivity (Wildman–Crippen MR) is 107 cm³/mol. The number of halogens is 3. The maximum absolute atomic E-state index is 12.7. The van der Waals surface area contributed by atoms with Crippen molar-refractivity contribution in [3.05, 3.63) is 34.9 Å². The molecule has 1 aliphatic carbocycles. The van der Waals surface area contributed by atoms with E-state index in [1.807, 2.05) is 32.9 Å². The summed E-state index contributed by atoms with van der Waals surface area (Å²) >= 11 is -1.12. The Hall–Kier alpha value is -1.80. The number of nitrogens with zero attached hydrogens (tertiary/aromatic N) is 1. The molecule has 0 unspecified atom stereocenters. The molecule has 1 aliphatic heterocycles. The van der Waals surface area contributed by atoms with Crippen LogP contribution in [0.15, 0.2) is 18.2 Å². The first-order valence-corrected chi connectivity index (χ1v) is 10.7. The molecule has 3 N–H and O–H groups in total. The van der Waals surface area contributed by atoms with Crippen molar-refractivity contribution in [3.8, 4) is 6.07 Å². The van der Waals surface area contributed by atoms with Gasteiger partial charge in [0.2, 0.25) is 0 Å². The smallest absolute Gasteiger partial charge is 0.490 e. The maximum atomic E-state index is 12.7. The van der Waals surface area contributed by atoms with Gasteiger partial charge in [0.05, 0.1) is 17.7 Å². The molecule has 1 spiro atoms. The van der Waals surface area contributed by atoms with E-state index >= 15 is 0 Å². The monoisotopic (exact) mass is 445 g/mol. The number of benzene rings is 1. The van der Waals surface area contributed by atoms with Crippen LogP contribution in [0.3, 0.4) is 0 Å². The van der Waals surface area contributed by atoms with Crippen LogP contribution in [-0.2, 0) is 22.6 Å². The van der Waals surface area contributed by atoms with Crippen molar-refractivity contribution in [2.45, 2.75) is 57.0 Å². The third-order valence-corrected chi connectivity index (χ3v) is 6.93. The van der Waals surface area contributed by atoms with E-state index in [1.54, 1.807) is 0 Å². The number of hydrogen-bond acceptors (Lipinski definition) is 5. The van der Waals surface area contributed by atoms with Gasteiger partial charge in [0.25, 0.3) is 0 Å². The summed E-state index contributed by atoms with van der Waals surface area (Å²) in [5.74, 6) is -2.76. The molecule has 1 heterocycles. The zero-order chi connectivity index (χ0) is 22.7. The van der Waals surface area contributed by atoms with Gasteiger partial charge < -0.3 is 15.0 Å². The van der Waals surface area contributed by atoms with Crippen molar-refractivity contribution in [1.29, 1.82) is 5.26 Å². The number of carboxylic acid groups (broad SMARTS) is 1. The summed E-state index contributed by atoms with van der Waals surface area (Å²) in [7, 11) is 0. The highest BCUT2D eigenvalue weighted by Gasteiger charge is 2.49. The Morgan fingerprint density at radius 1 is 1.33 bits per heavy atom. The Morgan fingerprint density at radius 3 is 2.37 bits per heavy atom. The summed E-state index contributed by atoms with van der Waals surface area (Å²) in [5, 5.41) is 19.8. The fourth-order valence-electron chi connectivity index (χ4n) is 3.77. The molecular weight excluding hydrogens is 419 g/mol. The first-order chi connectivity index (χ1) is 13.8. The van der Waals surface area contributed by atoms with Gasteiger partial charge in [0.1, 0.15) is 4.75 Å². The van der Waals surface area contributed by atoms with E-state index in [2.05, 4.69) is 22.2 Å². The van der Waals surface area contributed by atoms with Crippen LogP contribution in [0.4, 0.5) is 13.2 Å². The molecule has 1 saturated heterocycles. The molecule has 3 rings (SSSR count). The number of aliphatic carboxylic acids is 1. The average molecular weight is 446 g/mol. The van der Waals surface area contributed by atoms with Gasteiger partial charge in [0.15, 0.2) is 0 Å². The van der Waals surface area contributed by atoms with Crippen LogP contribution in [0.1, 0.15) is 56.3 Å². The molecule has 166 valence electrons. The van der Waals surface area contributed by atoms with Crippen LogP contribution in [0.25, 0.3) is 0 Å². The van der Waals surface area contributed by atoms with Gasteiger partial charge in [-0.15, -0.1) is 4.72 Å². The number of carboxylic acids is 1. The van der Waals surface area contributed by atoms with E-state index in [0.717, 1.165) is 32.4 Å². The average Bonchev–Trinajstić information content (AvgIpc) is 2.93. The first kappa shape index (κ1) is 24.5. The number of nitrogens with one attached hydrogen (secondary N) is 2. The number of fused-ring (bicyclic) bond motifs is 1. The van der Waals surface area contributed by atoms with Gasteiger partial charge in [-0.2, -0.15) is 18.4 Å². The van der Waals surface area contributed by atoms with Gasteiger partial charge in [-0.25, -0.2) is 4.79 Å². The third-order valence-electron chi connectivity index (χ3n) is 5.36. The summed E-state index contributed by atoms with van der Waals surface area (Å²) in [4.78, 5) is 8.90. The molecule has 30 heavy (non-hydrogen) atoms. The van der Waals surface area contributed by atoms with Gasteiger partial charge in [-0.3, -0.25) is 0 Å². The lowest BCUT2D eigenvalue weighted by molar-refractivity contribution is -0.192. The van der Waals surface area contributed by atoms with Crippen molar-refractivity contribution < 1.29 is 27.6 Å². The van der Waals surface area contributed by atoms with E-state index in [1.165, 1.54) is 11.1 Å². The van der Waals surface area contributed by atoms with Crippen molar-refractivity contribution in [3.63, 3.8) is 0 Å². The summed E-state index contributed by atoms with van der Waals surface area (Å²) in [5.41, 5.74) is 3.27. The molecule has 2 aliphatic rings. The second-order valence-corrected chi connectivity index (χ2v) is 10.5. The van der Waals surface area contributed by atoms with E-state index < -0.39 is 23.5 Å². The Bertz CT molecular complexity index is 812. The van der Waals surface area contributed by atoms with Crippen LogP contribution in [0.5, 0.6) is 0 Å². The van der Waals surface area contributed by atoms with Crippen LogP contribution in [0, 0.1) is 16.7 Å². The lowest BCUT2D eigenvalue weighted by Gasteiger charge is -2.40. The quantitative estimate of drug-likeness (QED) is 0.604. The molecule has 2 atom stereocenters. The van der Waals surface area contributed by atoms with Crippen molar-refractivity contribution in [2.24, 2.45) is 5.41 Å². The zero-order valence-electron chi connectivity index (χ0n) is 17.1. The fourth-order valence-corrected chi connectivity index (χ4v) is 4.71. The van der Waals surface area contributed by atoms with Crippen molar-refractivity contribution in [1.82, 2.24) is 10.0 Å². The maximum Gasteiger partial charge on any atom is 0.490 e. The number of hydrogen-bond donors (Lipinski definition) is 3. The predicted octanol–water partition coefficient (Wildman–Crippen LogP) is 3.21. The molecular formula is C20H26F3N3O3S. The van der Waals surface area contributed by atoms with Gasteiger partial charge in [-0.05, 0) is 76.4 Å². The van der Waals surface area contributed by atoms with Crippen LogP contribution in [-0.4, -0.2) is 39.6 Å². The SMILES string of the molecule is CC(C)(C)[S@@+]([O-])N[C@@H]1c2cc(C#N)ccc2CC12CCNCC2.O=C(O)C(F)(F)F. The zero-order valence-corrected chi connectivity index (χ0v) is 17.9.